The highest BCUT2D eigenvalue weighted by molar-refractivity contribution is 8.01. The number of aryl methyl sites for hydroxylation is 1. The maximum atomic E-state index is 14.9. The quantitative estimate of drug-likeness (QED) is 0.00484. The molecule has 2 atom stereocenters. The number of nitrogens with one attached hydrogen (secondary N) is 2. The van der Waals surface area contributed by atoms with Crippen LogP contribution in [-0.2, 0) is 43.9 Å². The number of aliphatic carboxylic acids is 1. The van der Waals surface area contributed by atoms with Crippen LogP contribution in [-0.4, -0.2) is 128 Å². The molecule has 23 nitrogen and oxygen atoms in total. The number of hydrogen-bond donors (Lipinski definition) is 3. The van der Waals surface area contributed by atoms with Crippen molar-refractivity contribution in [2.75, 3.05) is 34.5 Å². The second-order valence-corrected chi connectivity index (χ2v) is 24.1. The number of hydrogen-bond acceptors (Lipinski definition) is 22. The molecule has 9 aromatic rings. The van der Waals surface area contributed by atoms with Gasteiger partial charge >= 0.3 is 35.8 Å². The van der Waals surface area contributed by atoms with Crippen molar-refractivity contribution in [2.45, 2.75) is 35.0 Å². The van der Waals surface area contributed by atoms with Gasteiger partial charge in [-0.1, -0.05) is 157 Å². The molecule has 11 rings (SSSR count). The van der Waals surface area contributed by atoms with Crippen LogP contribution in [0.4, 0.5) is 5.13 Å². The molecule has 6 aromatic carbocycles. The number of amides is 2. The molecule has 0 saturated carbocycles. The number of carbonyl (C=O) groups excluding carboxylic acids is 7. The van der Waals surface area contributed by atoms with E-state index in [1.54, 1.807) is 13.0 Å². The molecule has 3 aromatic heterocycles. The van der Waals surface area contributed by atoms with Crippen LogP contribution in [0.15, 0.2) is 197 Å². The van der Waals surface area contributed by atoms with Gasteiger partial charge in [0.05, 0.1) is 5.56 Å². The number of aromatic nitrogens is 5. The van der Waals surface area contributed by atoms with Crippen molar-refractivity contribution in [3.8, 4) is 17.2 Å². The van der Waals surface area contributed by atoms with Crippen LogP contribution in [0.25, 0.3) is 5.78 Å². The van der Waals surface area contributed by atoms with Gasteiger partial charge in [-0.2, -0.15) is 9.50 Å². The number of ether oxygens (including phenoxy) is 4. The maximum Gasteiger partial charge on any atom is 0.379 e. The Bertz CT molecular complexity index is 4280. The minimum Gasteiger partial charge on any atom is -0.477 e. The molecule has 0 radical (unpaired) electrons. The maximum absolute atomic E-state index is 14.9. The number of nitrogens with zero attached hydrogens (tertiary/aromatic N) is 7. The molecule has 0 spiro atoms. The molecular formula is C65H48Cl3N9O14S3. The number of halogens is 3. The number of rotatable bonds is 24. The third-order valence-electron chi connectivity index (χ3n) is 14.3. The second-order valence-electron chi connectivity index (χ2n) is 20.4. The van der Waals surface area contributed by atoms with Crippen LogP contribution in [0.1, 0.15) is 66.3 Å². The number of thiazole rings is 1. The highest BCUT2D eigenvalue weighted by Crippen LogP contribution is 2.44. The number of anilines is 1. The first-order valence-corrected chi connectivity index (χ1v) is 32.7. The van der Waals surface area contributed by atoms with Gasteiger partial charge in [-0.15, -0.1) is 74.8 Å². The molecule has 1 fully saturated rings. The number of carboxylic acid groups (broad SMARTS) is 1. The minimum atomic E-state index is -1.42. The Labute approximate surface area is 561 Å². The van der Waals surface area contributed by atoms with Crippen LogP contribution in [0.2, 0.25) is 0 Å². The third kappa shape index (κ3) is 14.2. The van der Waals surface area contributed by atoms with Crippen molar-refractivity contribution < 1.29 is 67.2 Å². The van der Waals surface area contributed by atoms with E-state index in [1.807, 2.05) is 152 Å². The number of benzene rings is 6. The number of carboxylic acids is 1. The lowest BCUT2D eigenvalue weighted by Crippen LogP contribution is -2.71. The van der Waals surface area contributed by atoms with Crippen molar-refractivity contribution in [3.05, 3.63) is 237 Å². The fourth-order valence-electron chi connectivity index (χ4n) is 10.2. The SMILES string of the molecule is Cc1cc(SCC2=C(C(=O)O)N3C(=O)[C@@H](NC(=O)/C(=N\OC(=O)c4cc(OC(=O)CCl)c(OC(=O)CCl)c(OC(=O)CCl)c4)c4csc(NC(c5ccccc5)(c5ccccc5)c5ccccc5)n4)[C@H]3SC2)n2nc(C(=O)OC(c3ccccc3)c3ccccc3)nc2n1. The summed E-state index contributed by atoms with van der Waals surface area (Å²) in [4.78, 5) is 128. The Morgan fingerprint density at radius 1 is 0.713 bits per heavy atom. The lowest BCUT2D eigenvalue weighted by Gasteiger charge is -2.49. The molecule has 2 aliphatic rings. The highest BCUT2D eigenvalue weighted by atomic mass is 35.5. The molecule has 2 aliphatic heterocycles. The van der Waals surface area contributed by atoms with Gasteiger partial charge in [0.15, 0.2) is 28.4 Å². The predicted molar refractivity (Wildman–Crippen MR) is 348 cm³/mol. The van der Waals surface area contributed by atoms with E-state index < -0.39 is 117 Å². The second kappa shape index (κ2) is 29.3. The summed E-state index contributed by atoms with van der Waals surface area (Å²) in [5.74, 6) is -13.1. The first-order valence-electron chi connectivity index (χ1n) is 28.1. The van der Waals surface area contributed by atoms with Crippen LogP contribution in [0.5, 0.6) is 17.2 Å². The van der Waals surface area contributed by atoms with Gasteiger partial charge in [0.25, 0.3) is 23.4 Å². The summed E-state index contributed by atoms with van der Waals surface area (Å²) >= 11 is 20.5. The largest absolute Gasteiger partial charge is 0.477 e. The number of fused-ring (bicyclic) bond motifs is 2. The molecule has 1 saturated heterocycles. The summed E-state index contributed by atoms with van der Waals surface area (Å²) in [6.45, 7) is 1.72. The fourth-order valence-corrected chi connectivity index (χ4v) is 13.6. The van der Waals surface area contributed by atoms with E-state index in [9.17, 15) is 43.5 Å². The average molecular weight is 1380 g/mol. The Kier molecular flexibility index (Phi) is 20.4. The summed E-state index contributed by atoms with van der Waals surface area (Å²) in [6.07, 6.45) is -0.786. The van der Waals surface area contributed by atoms with Gasteiger partial charge < -0.3 is 39.5 Å². The van der Waals surface area contributed by atoms with E-state index >= 15 is 0 Å². The van der Waals surface area contributed by atoms with Gasteiger partial charge in [-0.3, -0.25) is 28.9 Å². The van der Waals surface area contributed by atoms with Gasteiger partial charge in [-0.25, -0.2) is 24.4 Å². The van der Waals surface area contributed by atoms with Crippen LogP contribution >= 0.6 is 69.7 Å². The number of alkyl halides is 3. The van der Waals surface area contributed by atoms with E-state index in [0.717, 1.165) is 67.9 Å². The summed E-state index contributed by atoms with van der Waals surface area (Å²) in [7, 11) is 0. The minimum absolute atomic E-state index is 0.0154. The topological polar surface area (TPSA) is 299 Å². The third-order valence-corrected chi connectivity index (χ3v) is 18.1. The molecule has 94 heavy (non-hydrogen) atoms. The van der Waals surface area contributed by atoms with Gasteiger partial charge in [0.2, 0.25) is 5.75 Å². The Morgan fingerprint density at radius 2 is 1.24 bits per heavy atom. The van der Waals surface area contributed by atoms with Crippen LogP contribution < -0.4 is 24.8 Å². The van der Waals surface area contributed by atoms with E-state index in [2.05, 4.69) is 30.9 Å². The Hall–Kier alpha value is -9.96. The number of esters is 4. The Morgan fingerprint density at radius 3 is 1.78 bits per heavy atom. The van der Waals surface area contributed by atoms with Crippen LogP contribution in [0, 0.1) is 6.92 Å². The fraction of sp³-hybridized carbons (Fsp3) is 0.154. The standard InChI is InChI=1S/C65H48Cl3N9O14S3/c1-36-27-47(77-63(69-36)72-56(74-77)62(86)90-54(37-17-7-2-8-18-37)38-19-9-3-10-20-38)92-33-40-34-93-59-52(58(82)76(59)53(40)60(83)84)71-57(81)51(75-91-61(85)39-28-45(87-48(78)30-66)55(89-50(80)32-68)46(29-39)88-49(79)31-67)44-35-94-64(70-44)73-65(41-21-11-4-12-22-41,42-23-13-5-14-24-42)43-25-15-6-16-26-43/h2-29,35,52,54,59H,30-34H2,1H3,(H,70,73)(H,71,81)(H,83,84)/b75-51-/t52-,59-/m1/s1. The van der Waals surface area contributed by atoms with Crippen LogP contribution in [0.3, 0.4) is 0 Å². The average Bonchev–Trinajstić information content (AvgIpc) is 0.811. The van der Waals surface area contributed by atoms with E-state index in [0.29, 0.717) is 16.3 Å². The molecule has 3 N–H and O–H groups in total. The van der Waals surface area contributed by atoms with E-state index in [1.165, 1.54) is 21.7 Å². The number of oxime groups is 1. The summed E-state index contributed by atoms with van der Waals surface area (Å²) in [6, 6.07) is 49.0. The molecular weight excluding hydrogens is 1330 g/mol. The van der Waals surface area contributed by atoms with E-state index in [4.69, 9.17) is 63.6 Å². The summed E-state index contributed by atoms with van der Waals surface area (Å²) in [5.41, 5.74) is 1.88. The highest BCUT2D eigenvalue weighted by Gasteiger charge is 2.54. The first kappa shape index (κ1) is 65.5. The van der Waals surface area contributed by atoms with Crippen molar-refractivity contribution in [2.24, 2.45) is 5.16 Å². The monoisotopic (exact) mass is 1380 g/mol. The predicted octanol–water partition coefficient (Wildman–Crippen LogP) is 9.76. The Balaban J connectivity index is 0.889. The molecule has 476 valence electrons. The van der Waals surface area contributed by atoms with E-state index in [-0.39, 0.29) is 39.6 Å². The molecule has 2 amide bonds. The first-order chi connectivity index (χ1) is 45.6. The molecule has 0 unspecified atom stereocenters. The molecule has 5 heterocycles. The smallest absolute Gasteiger partial charge is 0.379 e. The van der Waals surface area contributed by atoms with Gasteiger partial charge in [-0.05, 0) is 58.5 Å². The van der Waals surface area contributed by atoms with Crippen molar-refractivity contribution in [3.63, 3.8) is 0 Å². The lowest BCUT2D eigenvalue weighted by atomic mass is 9.77. The molecule has 0 bridgehead atoms. The van der Waals surface area contributed by atoms with Crippen molar-refractivity contribution in [1.82, 2.24) is 34.8 Å². The van der Waals surface area contributed by atoms with Crippen molar-refractivity contribution in [1.29, 1.82) is 0 Å². The summed E-state index contributed by atoms with van der Waals surface area (Å²) in [5, 5.41) is 26.7. The lowest BCUT2D eigenvalue weighted by molar-refractivity contribution is -0.150. The number of thioether (sulfide) groups is 2. The zero-order chi connectivity index (χ0) is 66.0. The molecule has 29 heteroatoms. The van der Waals surface area contributed by atoms with Gasteiger partial charge in [0, 0.05) is 22.6 Å². The summed E-state index contributed by atoms with van der Waals surface area (Å²) < 4.78 is 23.1. The number of β-lactam (4-membered cyclic amide) rings is 1. The zero-order valence-corrected chi connectivity index (χ0v) is 53.5. The van der Waals surface area contributed by atoms with Gasteiger partial charge in [0.1, 0.15) is 51.0 Å². The zero-order valence-electron chi connectivity index (χ0n) is 48.8. The normalized spacial score (nSPS) is 14.5. The number of carbonyl (C=O) groups is 8. The molecule has 0 aliphatic carbocycles. The van der Waals surface area contributed by atoms with Crippen molar-refractivity contribution >= 4 is 134 Å².